The van der Waals surface area contributed by atoms with Crippen LogP contribution in [0.5, 0.6) is 0 Å². The van der Waals surface area contributed by atoms with Gasteiger partial charge in [0.25, 0.3) is 0 Å². The summed E-state index contributed by atoms with van der Waals surface area (Å²) in [6, 6.07) is 0. The van der Waals surface area contributed by atoms with Gasteiger partial charge in [0.1, 0.15) is 0 Å². The van der Waals surface area contributed by atoms with E-state index in [1.54, 1.807) is 21.6 Å². The molecule has 1 heterocycles. The third-order valence-electron chi connectivity index (χ3n) is 1.28. The van der Waals surface area contributed by atoms with Gasteiger partial charge in [0, 0.05) is 17.3 Å². The Hall–Kier alpha value is 2.10. The Morgan fingerprint density at radius 3 is 1.92 bits per heavy atom. The summed E-state index contributed by atoms with van der Waals surface area (Å²) in [5.41, 5.74) is 0. The Balaban J connectivity index is 0.000000310. The summed E-state index contributed by atoms with van der Waals surface area (Å²) in [7, 11) is 11.5. The van der Waals surface area contributed by atoms with Gasteiger partial charge in [-0.05, 0) is 24.7 Å². The summed E-state index contributed by atoms with van der Waals surface area (Å²) >= 11 is 0. The summed E-state index contributed by atoms with van der Waals surface area (Å²) in [5.74, 6) is 5.08. The summed E-state index contributed by atoms with van der Waals surface area (Å²) in [4.78, 5) is 0. The average molecular weight is 293 g/mol. The van der Waals surface area contributed by atoms with E-state index in [1.807, 2.05) is 43.2 Å². The highest BCUT2D eigenvalue weighted by Gasteiger charge is 2.15. The van der Waals surface area contributed by atoms with E-state index < -0.39 is 0 Å². The van der Waals surface area contributed by atoms with E-state index in [9.17, 15) is 0 Å². The molecule has 0 aromatic heterocycles. The molecule has 80 valence electrons. The van der Waals surface area contributed by atoms with Crippen LogP contribution in [0.15, 0.2) is 0 Å². The molecular formula is C7H16S6. The van der Waals surface area contributed by atoms with E-state index in [0.717, 1.165) is 5.92 Å². The highest BCUT2D eigenvalue weighted by atomic mass is 33.1. The van der Waals surface area contributed by atoms with Crippen LogP contribution in [-0.4, -0.2) is 36.0 Å². The van der Waals surface area contributed by atoms with Crippen molar-refractivity contribution in [1.82, 2.24) is 0 Å². The maximum atomic E-state index is 2.15. The minimum Gasteiger partial charge on any atom is -0.0979 e. The van der Waals surface area contributed by atoms with Crippen molar-refractivity contribution in [3.8, 4) is 0 Å². The van der Waals surface area contributed by atoms with Crippen LogP contribution in [0.3, 0.4) is 0 Å². The number of rotatable bonds is 4. The van der Waals surface area contributed by atoms with Crippen LogP contribution >= 0.6 is 64.8 Å². The molecule has 1 aliphatic rings. The molecule has 6 heteroatoms. The van der Waals surface area contributed by atoms with Gasteiger partial charge in [0.2, 0.25) is 0 Å². The lowest BCUT2D eigenvalue weighted by Gasteiger charge is -2.02. The SMILES string of the molecule is CSSC.CSSCC1CSSC1. The lowest BCUT2D eigenvalue weighted by atomic mass is 10.3. The molecule has 0 saturated carbocycles. The van der Waals surface area contributed by atoms with Gasteiger partial charge in [-0.2, -0.15) is 0 Å². The Morgan fingerprint density at radius 1 is 1.00 bits per heavy atom. The molecule has 1 rings (SSSR count). The van der Waals surface area contributed by atoms with Crippen LogP contribution in [0.25, 0.3) is 0 Å². The van der Waals surface area contributed by atoms with E-state index >= 15 is 0 Å². The van der Waals surface area contributed by atoms with Crippen molar-refractivity contribution in [3.05, 3.63) is 0 Å². The quantitative estimate of drug-likeness (QED) is 0.688. The van der Waals surface area contributed by atoms with E-state index in [0.29, 0.717) is 0 Å². The summed E-state index contributed by atoms with van der Waals surface area (Å²) in [6.07, 6.45) is 6.27. The first kappa shape index (κ1) is 15.1. The van der Waals surface area contributed by atoms with Crippen molar-refractivity contribution in [2.75, 3.05) is 36.0 Å². The van der Waals surface area contributed by atoms with E-state index in [2.05, 4.69) is 18.8 Å². The first-order chi connectivity index (χ1) is 6.35. The minimum absolute atomic E-state index is 0.984. The van der Waals surface area contributed by atoms with Crippen molar-refractivity contribution < 1.29 is 0 Å². The molecule has 0 unspecified atom stereocenters. The molecular weight excluding hydrogens is 276 g/mol. The van der Waals surface area contributed by atoms with Gasteiger partial charge >= 0.3 is 0 Å². The molecule has 0 nitrogen and oxygen atoms in total. The molecule has 0 aromatic carbocycles. The maximum Gasteiger partial charge on any atom is 0.00817 e. The summed E-state index contributed by atoms with van der Waals surface area (Å²) < 4.78 is 0. The van der Waals surface area contributed by atoms with Crippen molar-refractivity contribution in [2.45, 2.75) is 0 Å². The lowest BCUT2D eigenvalue weighted by molar-refractivity contribution is 0.792. The Labute approximate surface area is 106 Å². The van der Waals surface area contributed by atoms with E-state index in [4.69, 9.17) is 0 Å². The zero-order valence-electron chi connectivity index (χ0n) is 8.15. The molecule has 0 bridgehead atoms. The highest BCUT2D eigenvalue weighted by molar-refractivity contribution is 8.77. The zero-order valence-corrected chi connectivity index (χ0v) is 13.0. The Bertz CT molecular complexity index is 91.0. The minimum atomic E-state index is 0.984. The van der Waals surface area contributed by atoms with Crippen LogP contribution in [0.2, 0.25) is 0 Å². The Morgan fingerprint density at radius 2 is 1.54 bits per heavy atom. The van der Waals surface area contributed by atoms with Crippen LogP contribution in [0, 0.1) is 5.92 Å². The standard InChI is InChI=1S/C5H10S4.C2H6S2/c1-6-7-2-5-3-8-9-4-5;1-3-4-2/h5H,2-4H2,1H3;1-2H3. The molecule has 0 N–H and O–H groups in total. The molecule has 0 atom stereocenters. The molecule has 0 radical (unpaired) electrons. The van der Waals surface area contributed by atoms with Crippen molar-refractivity contribution in [2.24, 2.45) is 5.92 Å². The molecule has 0 aliphatic carbocycles. The second-order valence-corrected chi connectivity index (χ2v) is 10.0. The predicted molar refractivity (Wildman–Crippen MR) is 81.4 cm³/mol. The largest absolute Gasteiger partial charge is 0.0979 e. The zero-order chi connectivity index (χ0) is 9.94. The van der Waals surface area contributed by atoms with Crippen molar-refractivity contribution >= 4 is 64.8 Å². The van der Waals surface area contributed by atoms with Gasteiger partial charge < -0.3 is 0 Å². The second-order valence-electron chi connectivity index (χ2n) is 2.22. The van der Waals surface area contributed by atoms with Gasteiger partial charge in [-0.1, -0.05) is 64.8 Å². The highest BCUT2D eigenvalue weighted by Crippen LogP contribution is 2.37. The molecule has 1 saturated heterocycles. The normalized spacial score (nSPS) is 16.8. The van der Waals surface area contributed by atoms with Crippen LogP contribution in [0.1, 0.15) is 0 Å². The molecule has 1 fully saturated rings. The topological polar surface area (TPSA) is 0 Å². The number of hydrogen-bond acceptors (Lipinski definition) is 6. The van der Waals surface area contributed by atoms with Gasteiger partial charge in [0.05, 0.1) is 0 Å². The van der Waals surface area contributed by atoms with Crippen molar-refractivity contribution in [3.63, 3.8) is 0 Å². The Kier molecular flexibility index (Phi) is 14.1. The van der Waals surface area contributed by atoms with Crippen LogP contribution < -0.4 is 0 Å². The fourth-order valence-electron chi connectivity index (χ4n) is 0.597. The summed E-state index contributed by atoms with van der Waals surface area (Å²) in [6.45, 7) is 0. The predicted octanol–water partition coefficient (Wildman–Crippen LogP) is 4.64. The van der Waals surface area contributed by atoms with Gasteiger partial charge in [0.15, 0.2) is 0 Å². The molecule has 1 aliphatic heterocycles. The smallest absolute Gasteiger partial charge is 0.00817 e. The first-order valence-corrected chi connectivity index (χ1v) is 12.0. The van der Waals surface area contributed by atoms with Gasteiger partial charge in [-0.25, -0.2) is 0 Å². The average Bonchev–Trinajstić information content (AvgIpc) is 2.67. The van der Waals surface area contributed by atoms with Crippen LogP contribution in [0.4, 0.5) is 0 Å². The monoisotopic (exact) mass is 292 g/mol. The third-order valence-corrected chi connectivity index (χ3v) is 7.27. The lowest BCUT2D eigenvalue weighted by Crippen LogP contribution is -2.02. The third kappa shape index (κ3) is 10.4. The molecule has 0 aromatic rings. The fourth-order valence-corrected chi connectivity index (χ4v) is 5.38. The number of hydrogen-bond donors (Lipinski definition) is 0. The van der Waals surface area contributed by atoms with E-state index in [1.165, 1.54) is 17.3 Å². The van der Waals surface area contributed by atoms with Gasteiger partial charge in [-0.15, -0.1) is 0 Å². The van der Waals surface area contributed by atoms with E-state index in [-0.39, 0.29) is 0 Å². The summed E-state index contributed by atoms with van der Waals surface area (Å²) in [5, 5.41) is 0. The first-order valence-electron chi connectivity index (χ1n) is 3.82. The van der Waals surface area contributed by atoms with Crippen LogP contribution in [-0.2, 0) is 0 Å². The maximum absolute atomic E-state index is 2.15. The van der Waals surface area contributed by atoms with Crippen molar-refractivity contribution in [1.29, 1.82) is 0 Å². The molecule has 0 amide bonds. The van der Waals surface area contributed by atoms with Gasteiger partial charge in [-0.3, -0.25) is 0 Å². The fraction of sp³-hybridized carbons (Fsp3) is 1.00. The molecule has 0 spiro atoms. The molecule has 13 heavy (non-hydrogen) atoms. The second kappa shape index (κ2) is 12.2.